The fourth-order valence-corrected chi connectivity index (χ4v) is 4.79. The summed E-state index contributed by atoms with van der Waals surface area (Å²) < 4.78 is 27.6. The second-order valence-electron chi connectivity index (χ2n) is 7.58. The summed E-state index contributed by atoms with van der Waals surface area (Å²) in [5.74, 6) is 0.731. The van der Waals surface area contributed by atoms with Crippen molar-refractivity contribution < 1.29 is 13.2 Å². The van der Waals surface area contributed by atoms with E-state index in [0.29, 0.717) is 0 Å². The number of carbonyl (C=O) groups is 1. The zero-order valence-corrected chi connectivity index (χ0v) is 16.8. The molecule has 0 bridgehead atoms. The molecule has 0 atom stereocenters. The molecule has 0 saturated heterocycles. The van der Waals surface area contributed by atoms with Gasteiger partial charge in [0.15, 0.2) is 0 Å². The van der Waals surface area contributed by atoms with Gasteiger partial charge in [0.25, 0.3) is 0 Å². The fourth-order valence-electron chi connectivity index (χ4n) is 3.72. The molecule has 2 aromatic carbocycles. The highest BCUT2D eigenvalue weighted by Gasteiger charge is 2.25. The molecule has 1 fully saturated rings. The van der Waals surface area contributed by atoms with Crippen LogP contribution in [0.3, 0.4) is 0 Å². The zero-order valence-electron chi connectivity index (χ0n) is 16.0. The van der Waals surface area contributed by atoms with Gasteiger partial charge in [-0.2, -0.15) is 0 Å². The third-order valence-electron chi connectivity index (χ3n) is 5.59. The van der Waals surface area contributed by atoms with Crippen molar-refractivity contribution in [2.75, 3.05) is 13.6 Å². The standard InChI is InChI=1S/C21H28N2O3S/c1-16-7-10-19(11-8-16)23(2)21(24)13-14-22-27(25,26)20-12-9-17-5-3-4-6-18(17)15-20/h3-6,9,12,15-16,19,22H,7-8,10-11,13-14H2,1-2H3. The lowest BCUT2D eigenvalue weighted by Crippen LogP contribution is -2.40. The van der Waals surface area contributed by atoms with E-state index in [0.717, 1.165) is 42.4 Å². The minimum absolute atomic E-state index is 0.00392. The molecule has 1 N–H and O–H groups in total. The molecule has 0 aromatic heterocycles. The number of hydrogen-bond acceptors (Lipinski definition) is 3. The van der Waals surface area contributed by atoms with Crippen LogP contribution >= 0.6 is 0 Å². The SMILES string of the molecule is CC1CCC(N(C)C(=O)CCNS(=O)(=O)c2ccc3ccccc3c2)CC1. The van der Waals surface area contributed by atoms with Crippen LogP contribution in [0.4, 0.5) is 0 Å². The molecule has 0 unspecified atom stereocenters. The maximum atomic E-state index is 12.5. The van der Waals surface area contributed by atoms with E-state index < -0.39 is 10.0 Å². The maximum absolute atomic E-state index is 12.5. The molecule has 5 nitrogen and oxygen atoms in total. The highest BCUT2D eigenvalue weighted by atomic mass is 32.2. The second-order valence-corrected chi connectivity index (χ2v) is 9.34. The minimum Gasteiger partial charge on any atom is -0.343 e. The van der Waals surface area contributed by atoms with Gasteiger partial charge in [-0.25, -0.2) is 13.1 Å². The molecular weight excluding hydrogens is 360 g/mol. The van der Waals surface area contributed by atoms with E-state index in [2.05, 4.69) is 11.6 Å². The Bertz CT molecular complexity index is 903. The van der Waals surface area contributed by atoms with Crippen molar-refractivity contribution in [3.05, 3.63) is 42.5 Å². The molecule has 0 radical (unpaired) electrons. The number of fused-ring (bicyclic) bond motifs is 1. The van der Waals surface area contributed by atoms with E-state index in [1.54, 1.807) is 23.1 Å². The first-order valence-electron chi connectivity index (χ1n) is 9.61. The summed E-state index contributed by atoms with van der Waals surface area (Å²) in [5, 5.41) is 1.87. The minimum atomic E-state index is -3.63. The summed E-state index contributed by atoms with van der Waals surface area (Å²) in [6, 6.07) is 13.0. The molecule has 0 heterocycles. The van der Waals surface area contributed by atoms with Crippen molar-refractivity contribution in [2.24, 2.45) is 5.92 Å². The number of amides is 1. The Morgan fingerprint density at radius 3 is 2.44 bits per heavy atom. The van der Waals surface area contributed by atoms with E-state index in [4.69, 9.17) is 0 Å². The molecule has 1 amide bonds. The van der Waals surface area contributed by atoms with Crippen molar-refractivity contribution in [3.63, 3.8) is 0 Å². The zero-order chi connectivity index (χ0) is 19.4. The Labute approximate surface area is 161 Å². The first kappa shape index (κ1) is 19.8. The molecule has 1 aliphatic rings. The Morgan fingerprint density at radius 1 is 1.07 bits per heavy atom. The number of carbonyl (C=O) groups excluding carboxylic acids is 1. The van der Waals surface area contributed by atoms with Crippen molar-refractivity contribution in [2.45, 2.75) is 50.0 Å². The summed E-state index contributed by atoms with van der Waals surface area (Å²) in [6.45, 7) is 2.36. The summed E-state index contributed by atoms with van der Waals surface area (Å²) in [6.07, 6.45) is 4.54. The maximum Gasteiger partial charge on any atom is 0.240 e. The number of sulfonamides is 1. The van der Waals surface area contributed by atoms with Gasteiger partial charge in [0.1, 0.15) is 0 Å². The molecule has 3 rings (SSSR count). The molecule has 1 aliphatic carbocycles. The van der Waals surface area contributed by atoms with Crippen molar-refractivity contribution >= 4 is 26.7 Å². The Hall–Kier alpha value is -1.92. The number of rotatable bonds is 6. The summed E-state index contributed by atoms with van der Waals surface area (Å²) in [7, 11) is -1.79. The average molecular weight is 389 g/mol. The van der Waals surface area contributed by atoms with Crippen LogP contribution in [0.1, 0.15) is 39.0 Å². The number of nitrogens with one attached hydrogen (secondary N) is 1. The van der Waals surface area contributed by atoms with Crippen LogP contribution in [0.15, 0.2) is 47.4 Å². The summed E-state index contributed by atoms with van der Waals surface area (Å²) in [4.78, 5) is 14.4. The first-order chi connectivity index (χ1) is 12.9. The van der Waals surface area contributed by atoms with E-state index in [1.807, 2.05) is 31.3 Å². The molecule has 146 valence electrons. The van der Waals surface area contributed by atoms with Gasteiger partial charge in [-0.3, -0.25) is 4.79 Å². The lowest BCUT2D eigenvalue weighted by atomic mass is 9.86. The molecule has 6 heteroatoms. The lowest BCUT2D eigenvalue weighted by molar-refractivity contribution is -0.132. The van der Waals surface area contributed by atoms with Crippen LogP contribution in [0, 0.1) is 5.92 Å². The van der Waals surface area contributed by atoms with Crippen LogP contribution in [-0.2, 0) is 14.8 Å². The monoisotopic (exact) mass is 388 g/mol. The van der Waals surface area contributed by atoms with Crippen LogP contribution in [0.5, 0.6) is 0 Å². The number of hydrogen-bond donors (Lipinski definition) is 1. The van der Waals surface area contributed by atoms with E-state index in [1.165, 1.54) is 0 Å². The molecule has 0 aliphatic heterocycles. The van der Waals surface area contributed by atoms with E-state index in [-0.39, 0.29) is 29.8 Å². The second kappa shape index (κ2) is 8.40. The van der Waals surface area contributed by atoms with Gasteiger partial charge >= 0.3 is 0 Å². The normalized spacial score (nSPS) is 20.5. The Balaban J connectivity index is 1.56. The predicted octanol–water partition coefficient (Wildman–Crippen LogP) is 3.55. The Morgan fingerprint density at radius 2 is 1.74 bits per heavy atom. The topological polar surface area (TPSA) is 66.5 Å². The predicted molar refractivity (Wildman–Crippen MR) is 108 cm³/mol. The fraction of sp³-hybridized carbons (Fsp3) is 0.476. The smallest absolute Gasteiger partial charge is 0.240 e. The molecule has 1 saturated carbocycles. The highest BCUT2D eigenvalue weighted by molar-refractivity contribution is 7.89. The van der Waals surface area contributed by atoms with Gasteiger partial charge < -0.3 is 4.90 Å². The van der Waals surface area contributed by atoms with Crippen LogP contribution in [0.25, 0.3) is 10.8 Å². The Kier molecular flexibility index (Phi) is 6.17. The summed E-state index contributed by atoms with van der Waals surface area (Å²) in [5.41, 5.74) is 0. The van der Waals surface area contributed by atoms with Crippen molar-refractivity contribution in [1.29, 1.82) is 0 Å². The first-order valence-corrected chi connectivity index (χ1v) is 11.1. The summed E-state index contributed by atoms with van der Waals surface area (Å²) >= 11 is 0. The van der Waals surface area contributed by atoms with Crippen LogP contribution in [-0.4, -0.2) is 38.9 Å². The largest absolute Gasteiger partial charge is 0.343 e. The van der Waals surface area contributed by atoms with Gasteiger partial charge in [0.2, 0.25) is 15.9 Å². The van der Waals surface area contributed by atoms with E-state index >= 15 is 0 Å². The van der Waals surface area contributed by atoms with Gasteiger partial charge in [-0.1, -0.05) is 37.3 Å². The van der Waals surface area contributed by atoms with Gasteiger partial charge in [-0.05, 0) is 54.5 Å². The van der Waals surface area contributed by atoms with Gasteiger partial charge in [0.05, 0.1) is 4.90 Å². The van der Waals surface area contributed by atoms with Crippen LogP contribution < -0.4 is 4.72 Å². The molecular formula is C21H28N2O3S. The van der Waals surface area contributed by atoms with Gasteiger partial charge in [0, 0.05) is 26.1 Å². The molecule has 27 heavy (non-hydrogen) atoms. The van der Waals surface area contributed by atoms with E-state index in [9.17, 15) is 13.2 Å². The molecule has 0 spiro atoms. The van der Waals surface area contributed by atoms with Crippen molar-refractivity contribution in [1.82, 2.24) is 9.62 Å². The molecule has 2 aromatic rings. The number of benzene rings is 2. The average Bonchev–Trinajstić information content (AvgIpc) is 2.67. The third-order valence-corrected chi connectivity index (χ3v) is 7.05. The third kappa shape index (κ3) is 4.87. The quantitative estimate of drug-likeness (QED) is 0.823. The lowest BCUT2D eigenvalue weighted by Gasteiger charge is -2.33. The van der Waals surface area contributed by atoms with Crippen LogP contribution in [0.2, 0.25) is 0 Å². The van der Waals surface area contributed by atoms with Crippen molar-refractivity contribution in [3.8, 4) is 0 Å². The highest BCUT2D eigenvalue weighted by Crippen LogP contribution is 2.26. The number of nitrogens with zero attached hydrogens (tertiary/aromatic N) is 1. The van der Waals surface area contributed by atoms with Gasteiger partial charge in [-0.15, -0.1) is 0 Å².